The number of halogens is 3. The number of rotatable bonds is 3. The molecule has 0 aromatic heterocycles. The lowest BCUT2D eigenvalue weighted by Crippen LogP contribution is -2.40. The first kappa shape index (κ1) is 13.7. The van der Waals surface area contributed by atoms with Crippen molar-refractivity contribution in [3.8, 4) is 0 Å². The molecule has 1 fully saturated rings. The van der Waals surface area contributed by atoms with E-state index in [2.05, 4.69) is 5.32 Å². The molecule has 0 spiro atoms. The molecule has 1 unspecified atom stereocenters. The molecule has 1 N–H and O–H groups in total. The van der Waals surface area contributed by atoms with Gasteiger partial charge in [0.05, 0.1) is 0 Å². The second-order valence-electron chi connectivity index (χ2n) is 4.64. The number of anilines is 1. The number of hydrogen-bond acceptors (Lipinski definition) is 2. The Morgan fingerprint density at radius 1 is 1.21 bits per heavy atom. The Morgan fingerprint density at radius 2 is 1.74 bits per heavy atom. The Bertz CT molecular complexity index is 464. The molecule has 19 heavy (non-hydrogen) atoms. The third-order valence-corrected chi connectivity index (χ3v) is 3.16. The van der Waals surface area contributed by atoms with Crippen LogP contribution < -0.4 is 5.32 Å². The van der Waals surface area contributed by atoms with E-state index in [4.69, 9.17) is 0 Å². The highest BCUT2D eigenvalue weighted by molar-refractivity contribution is 5.84. The van der Waals surface area contributed by atoms with E-state index < -0.39 is 29.2 Å². The summed E-state index contributed by atoms with van der Waals surface area (Å²) in [4.78, 5) is 13.6. The predicted octanol–water partition coefficient (Wildman–Crippen LogP) is 2.53. The van der Waals surface area contributed by atoms with Gasteiger partial charge in [0.15, 0.2) is 11.6 Å². The molecule has 104 valence electrons. The molecule has 1 saturated heterocycles. The quantitative estimate of drug-likeness (QED) is 0.917. The van der Waals surface area contributed by atoms with Crippen molar-refractivity contribution in [2.45, 2.75) is 25.8 Å². The lowest BCUT2D eigenvalue weighted by molar-refractivity contribution is -0.130. The van der Waals surface area contributed by atoms with Crippen LogP contribution in [0.2, 0.25) is 0 Å². The van der Waals surface area contributed by atoms with Crippen LogP contribution in [0.15, 0.2) is 12.1 Å². The van der Waals surface area contributed by atoms with Crippen molar-refractivity contribution < 1.29 is 18.0 Å². The molecular weight excluding hydrogens is 257 g/mol. The molecule has 0 radical (unpaired) electrons. The number of nitrogens with one attached hydrogen (secondary N) is 1. The molecule has 0 aliphatic carbocycles. The van der Waals surface area contributed by atoms with E-state index in [9.17, 15) is 18.0 Å². The maximum Gasteiger partial charge on any atom is 0.244 e. The molecule has 1 atom stereocenters. The second kappa shape index (κ2) is 5.50. The summed E-state index contributed by atoms with van der Waals surface area (Å²) in [5, 5.41) is 2.47. The minimum Gasteiger partial charge on any atom is -0.369 e. The Hall–Kier alpha value is -1.72. The molecule has 6 heteroatoms. The zero-order chi connectivity index (χ0) is 14.0. The number of benzene rings is 1. The molecule has 1 aromatic rings. The standard InChI is InChI=1S/C13H15F3N2O/c1-8(13(19)18-4-2-3-5-18)17-12-10(15)6-9(14)7-11(12)16/h6-8,17H,2-5H2,1H3. The smallest absolute Gasteiger partial charge is 0.244 e. The summed E-state index contributed by atoms with van der Waals surface area (Å²) >= 11 is 0. The molecule has 1 amide bonds. The van der Waals surface area contributed by atoms with E-state index in [0.29, 0.717) is 25.2 Å². The van der Waals surface area contributed by atoms with Gasteiger partial charge in [-0.3, -0.25) is 4.79 Å². The summed E-state index contributed by atoms with van der Waals surface area (Å²) in [5.74, 6) is -3.28. The zero-order valence-electron chi connectivity index (χ0n) is 10.5. The molecule has 0 bridgehead atoms. The van der Waals surface area contributed by atoms with Gasteiger partial charge >= 0.3 is 0 Å². The number of likely N-dealkylation sites (tertiary alicyclic amines) is 1. The van der Waals surface area contributed by atoms with Crippen LogP contribution in [0.25, 0.3) is 0 Å². The predicted molar refractivity (Wildman–Crippen MR) is 65.2 cm³/mol. The fraction of sp³-hybridized carbons (Fsp3) is 0.462. The van der Waals surface area contributed by atoms with E-state index >= 15 is 0 Å². The lowest BCUT2D eigenvalue weighted by Gasteiger charge is -2.22. The van der Waals surface area contributed by atoms with Gasteiger partial charge in [-0.05, 0) is 19.8 Å². The Balaban J connectivity index is 2.10. The molecule has 2 rings (SSSR count). The summed E-state index contributed by atoms with van der Waals surface area (Å²) in [6.45, 7) is 2.86. The summed E-state index contributed by atoms with van der Waals surface area (Å²) in [7, 11) is 0. The average molecular weight is 272 g/mol. The first-order chi connectivity index (χ1) is 8.99. The van der Waals surface area contributed by atoms with Gasteiger partial charge in [0.2, 0.25) is 5.91 Å². The van der Waals surface area contributed by atoms with Crippen LogP contribution >= 0.6 is 0 Å². The number of amides is 1. The number of carbonyl (C=O) groups excluding carboxylic acids is 1. The van der Waals surface area contributed by atoms with Gasteiger partial charge < -0.3 is 10.2 Å². The maximum absolute atomic E-state index is 13.4. The van der Waals surface area contributed by atoms with Crippen LogP contribution in [0, 0.1) is 17.5 Å². The summed E-state index contributed by atoms with van der Waals surface area (Å²) in [6, 6.07) is 0.407. The van der Waals surface area contributed by atoms with Crippen molar-refractivity contribution in [1.29, 1.82) is 0 Å². The van der Waals surface area contributed by atoms with Crippen LogP contribution in [0.1, 0.15) is 19.8 Å². The summed E-state index contributed by atoms with van der Waals surface area (Å²) in [6.07, 6.45) is 1.88. The van der Waals surface area contributed by atoms with E-state index in [-0.39, 0.29) is 5.91 Å². The van der Waals surface area contributed by atoms with Crippen molar-refractivity contribution in [3.63, 3.8) is 0 Å². The highest BCUT2D eigenvalue weighted by atomic mass is 19.1. The molecule has 3 nitrogen and oxygen atoms in total. The van der Waals surface area contributed by atoms with Crippen molar-refractivity contribution in [3.05, 3.63) is 29.6 Å². The van der Waals surface area contributed by atoms with Crippen LogP contribution in [0.3, 0.4) is 0 Å². The van der Waals surface area contributed by atoms with Crippen molar-refractivity contribution in [2.75, 3.05) is 18.4 Å². The minimum absolute atomic E-state index is 0.208. The van der Waals surface area contributed by atoms with Gasteiger partial charge in [0.25, 0.3) is 0 Å². The monoisotopic (exact) mass is 272 g/mol. The van der Waals surface area contributed by atoms with E-state index in [1.165, 1.54) is 6.92 Å². The van der Waals surface area contributed by atoms with Gasteiger partial charge in [-0.2, -0.15) is 0 Å². The fourth-order valence-electron chi connectivity index (χ4n) is 2.17. The number of hydrogen-bond donors (Lipinski definition) is 1. The first-order valence-electron chi connectivity index (χ1n) is 6.19. The third kappa shape index (κ3) is 3.00. The minimum atomic E-state index is -1.04. The summed E-state index contributed by atoms with van der Waals surface area (Å²) in [5.41, 5.74) is -0.471. The topological polar surface area (TPSA) is 32.3 Å². The third-order valence-electron chi connectivity index (χ3n) is 3.16. The van der Waals surface area contributed by atoms with Crippen LogP contribution in [-0.4, -0.2) is 29.9 Å². The highest BCUT2D eigenvalue weighted by Crippen LogP contribution is 2.21. The summed E-state index contributed by atoms with van der Waals surface area (Å²) < 4.78 is 39.7. The van der Waals surface area contributed by atoms with Crippen LogP contribution in [-0.2, 0) is 4.79 Å². The Morgan fingerprint density at radius 3 is 2.26 bits per heavy atom. The van der Waals surface area contributed by atoms with Gasteiger partial charge in [-0.25, -0.2) is 13.2 Å². The van der Waals surface area contributed by atoms with Gasteiger partial charge in [0, 0.05) is 25.2 Å². The molecule has 1 heterocycles. The number of nitrogens with zero attached hydrogens (tertiary/aromatic N) is 1. The number of carbonyl (C=O) groups is 1. The molecule has 1 aromatic carbocycles. The highest BCUT2D eigenvalue weighted by Gasteiger charge is 2.24. The molecule has 0 saturated carbocycles. The van der Waals surface area contributed by atoms with Crippen LogP contribution in [0.4, 0.5) is 18.9 Å². The van der Waals surface area contributed by atoms with Gasteiger partial charge in [-0.15, -0.1) is 0 Å². The van der Waals surface area contributed by atoms with Crippen molar-refractivity contribution >= 4 is 11.6 Å². The Kier molecular flexibility index (Phi) is 3.97. The second-order valence-corrected chi connectivity index (χ2v) is 4.64. The molecular formula is C13H15F3N2O. The zero-order valence-corrected chi connectivity index (χ0v) is 10.5. The van der Waals surface area contributed by atoms with Gasteiger partial charge in [-0.1, -0.05) is 0 Å². The molecule has 1 aliphatic heterocycles. The van der Waals surface area contributed by atoms with E-state index in [1.807, 2.05) is 0 Å². The largest absolute Gasteiger partial charge is 0.369 e. The van der Waals surface area contributed by atoms with E-state index in [1.54, 1.807) is 4.90 Å². The fourth-order valence-corrected chi connectivity index (χ4v) is 2.17. The van der Waals surface area contributed by atoms with Gasteiger partial charge in [0.1, 0.15) is 17.5 Å². The Labute approximate surface area is 109 Å². The normalized spacial score (nSPS) is 16.5. The van der Waals surface area contributed by atoms with Crippen molar-refractivity contribution in [2.24, 2.45) is 0 Å². The maximum atomic E-state index is 13.4. The lowest BCUT2D eigenvalue weighted by atomic mass is 10.2. The average Bonchev–Trinajstić information content (AvgIpc) is 2.86. The van der Waals surface area contributed by atoms with E-state index in [0.717, 1.165) is 12.8 Å². The molecule has 1 aliphatic rings. The van der Waals surface area contributed by atoms with Crippen molar-refractivity contribution in [1.82, 2.24) is 4.90 Å². The van der Waals surface area contributed by atoms with Crippen LogP contribution in [0.5, 0.6) is 0 Å². The first-order valence-corrected chi connectivity index (χ1v) is 6.19. The SMILES string of the molecule is CC(Nc1c(F)cc(F)cc1F)C(=O)N1CCCC1.